The van der Waals surface area contributed by atoms with Gasteiger partial charge < -0.3 is 4.42 Å². The van der Waals surface area contributed by atoms with Gasteiger partial charge in [-0.3, -0.25) is 0 Å². The molecule has 0 aliphatic rings. The van der Waals surface area contributed by atoms with E-state index >= 15 is 0 Å². The van der Waals surface area contributed by atoms with E-state index in [9.17, 15) is 0 Å². The molecule has 5 nitrogen and oxygen atoms in total. The van der Waals surface area contributed by atoms with Crippen LogP contribution in [0.15, 0.2) is 83.3 Å². The van der Waals surface area contributed by atoms with Gasteiger partial charge in [0.1, 0.15) is 22.7 Å². The quantitative estimate of drug-likeness (QED) is 0.297. The Morgan fingerprint density at radius 2 is 1.39 bits per heavy atom. The molecule has 5 heteroatoms. The van der Waals surface area contributed by atoms with Gasteiger partial charge in [-0.05, 0) is 24.3 Å². The van der Waals surface area contributed by atoms with Crippen molar-refractivity contribution in [1.82, 2.24) is 19.9 Å². The summed E-state index contributed by atoms with van der Waals surface area (Å²) in [5.41, 5.74) is 3.98. The number of nitrogens with zero attached hydrogens (tertiary/aromatic N) is 4. The van der Waals surface area contributed by atoms with Gasteiger partial charge in [0.2, 0.25) is 0 Å². The molecule has 6 aromatic rings. The maximum Gasteiger partial charge on any atom is 0.182 e. The van der Waals surface area contributed by atoms with Crippen LogP contribution in [0.5, 0.6) is 0 Å². The first-order chi connectivity index (χ1) is 16.0. The minimum atomic E-state index is -0.254. The third-order valence-electron chi connectivity index (χ3n) is 5.78. The summed E-state index contributed by atoms with van der Waals surface area (Å²) in [6.07, 6.45) is 0. The van der Waals surface area contributed by atoms with Crippen molar-refractivity contribution in [3.05, 3.63) is 84.7 Å². The summed E-state index contributed by atoms with van der Waals surface area (Å²) in [6.45, 7) is 6.33. The number of rotatable bonds is 2. The number of furan rings is 1. The van der Waals surface area contributed by atoms with Gasteiger partial charge in [-0.15, -0.1) is 0 Å². The zero-order chi connectivity index (χ0) is 22.6. The summed E-state index contributed by atoms with van der Waals surface area (Å²) in [6, 6.07) is 26.2. The lowest BCUT2D eigenvalue weighted by Crippen LogP contribution is -2.18. The van der Waals surface area contributed by atoms with E-state index in [0.29, 0.717) is 11.6 Å². The minimum Gasteiger partial charge on any atom is -0.456 e. The smallest absolute Gasteiger partial charge is 0.182 e. The van der Waals surface area contributed by atoms with Crippen LogP contribution in [-0.2, 0) is 5.41 Å². The van der Waals surface area contributed by atoms with Crippen LogP contribution in [0.25, 0.3) is 55.7 Å². The van der Waals surface area contributed by atoms with Crippen molar-refractivity contribution in [3.63, 3.8) is 0 Å². The van der Waals surface area contributed by atoms with Crippen LogP contribution in [-0.4, -0.2) is 19.9 Å². The second-order valence-electron chi connectivity index (χ2n) is 9.22. The maximum atomic E-state index is 6.09. The predicted octanol–water partition coefficient (Wildman–Crippen LogP) is 6.95. The molecule has 3 heterocycles. The second-order valence-corrected chi connectivity index (χ2v) is 9.22. The minimum absolute atomic E-state index is 0.254. The van der Waals surface area contributed by atoms with E-state index < -0.39 is 0 Å². The Labute approximate surface area is 191 Å². The number of aromatic nitrogens is 4. The van der Waals surface area contributed by atoms with E-state index in [1.165, 1.54) is 0 Å². The van der Waals surface area contributed by atoms with Crippen molar-refractivity contribution in [2.75, 3.05) is 0 Å². The number of hydrogen-bond donors (Lipinski definition) is 0. The van der Waals surface area contributed by atoms with Gasteiger partial charge in [0.05, 0.1) is 5.52 Å². The highest BCUT2D eigenvalue weighted by Crippen LogP contribution is 2.36. The highest BCUT2D eigenvalue weighted by atomic mass is 16.3. The molecule has 0 atom stereocenters. The third-order valence-corrected chi connectivity index (χ3v) is 5.78. The van der Waals surface area contributed by atoms with Gasteiger partial charge >= 0.3 is 0 Å². The molecule has 0 saturated carbocycles. The summed E-state index contributed by atoms with van der Waals surface area (Å²) in [5, 5.41) is 3.14. The van der Waals surface area contributed by atoms with Gasteiger partial charge in [-0.25, -0.2) is 19.9 Å². The van der Waals surface area contributed by atoms with Crippen LogP contribution in [0.4, 0.5) is 0 Å². The summed E-state index contributed by atoms with van der Waals surface area (Å²) in [4.78, 5) is 19.5. The Hall–Kier alpha value is -4.12. The molecule has 3 aromatic heterocycles. The van der Waals surface area contributed by atoms with E-state index in [1.807, 2.05) is 60.7 Å². The maximum absolute atomic E-state index is 6.09. The lowest BCUT2D eigenvalue weighted by Gasteiger charge is -2.18. The first-order valence-corrected chi connectivity index (χ1v) is 11.0. The Kier molecular flexibility index (Phi) is 4.27. The first kappa shape index (κ1) is 19.6. The average Bonchev–Trinajstić information content (AvgIpc) is 3.22. The molecule has 0 amide bonds. The Bertz CT molecular complexity index is 1660. The number of fused-ring (bicyclic) bond motifs is 4. The predicted molar refractivity (Wildman–Crippen MR) is 132 cm³/mol. The van der Waals surface area contributed by atoms with Crippen LogP contribution >= 0.6 is 0 Å². The molecule has 0 N–H and O–H groups in total. The fourth-order valence-corrected chi connectivity index (χ4v) is 4.10. The van der Waals surface area contributed by atoms with Crippen molar-refractivity contribution in [2.24, 2.45) is 0 Å². The molecule has 0 bridgehead atoms. The molecule has 0 fully saturated rings. The monoisotopic (exact) mass is 430 g/mol. The van der Waals surface area contributed by atoms with Crippen molar-refractivity contribution in [2.45, 2.75) is 26.2 Å². The molecule has 6 rings (SSSR count). The lowest BCUT2D eigenvalue weighted by molar-refractivity contribution is 0.543. The molecule has 0 unspecified atom stereocenters. The number of benzene rings is 3. The molecule has 0 aliphatic heterocycles. The zero-order valence-corrected chi connectivity index (χ0v) is 18.7. The lowest BCUT2D eigenvalue weighted by atomic mass is 9.95. The molecule has 0 aliphatic carbocycles. The number of para-hydroxylation sites is 2. The molecule has 33 heavy (non-hydrogen) atoms. The van der Waals surface area contributed by atoms with Crippen molar-refractivity contribution < 1.29 is 4.42 Å². The van der Waals surface area contributed by atoms with Crippen LogP contribution in [0, 0.1) is 0 Å². The summed E-state index contributed by atoms with van der Waals surface area (Å²) < 4.78 is 6.09. The van der Waals surface area contributed by atoms with Crippen LogP contribution < -0.4 is 0 Å². The summed E-state index contributed by atoms with van der Waals surface area (Å²) in [7, 11) is 0. The fraction of sp³-hybridized carbons (Fsp3) is 0.143. The van der Waals surface area contributed by atoms with E-state index in [0.717, 1.165) is 49.9 Å². The van der Waals surface area contributed by atoms with Crippen molar-refractivity contribution in [3.8, 4) is 22.9 Å². The fourth-order valence-electron chi connectivity index (χ4n) is 4.10. The highest BCUT2D eigenvalue weighted by molar-refractivity contribution is 6.11. The number of pyridine rings is 1. The van der Waals surface area contributed by atoms with Gasteiger partial charge in [0.25, 0.3) is 0 Å². The highest BCUT2D eigenvalue weighted by Gasteiger charge is 2.23. The van der Waals surface area contributed by atoms with E-state index in [1.54, 1.807) is 0 Å². The second kappa shape index (κ2) is 7.20. The van der Waals surface area contributed by atoms with Crippen molar-refractivity contribution in [1.29, 1.82) is 0 Å². The Balaban J connectivity index is 1.63. The topological polar surface area (TPSA) is 64.7 Å². The molecule has 3 aromatic carbocycles. The van der Waals surface area contributed by atoms with E-state index in [2.05, 4.69) is 39.0 Å². The first-order valence-electron chi connectivity index (χ1n) is 11.0. The summed E-state index contributed by atoms with van der Waals surface area (Å²) >= 11 is 0. The SMILES string of the molecule is CC(C)(C)c1nc(-c2ccc3ccccc3n2)nc(-c2cccc3oc4ccccc4c23)n1. The number of hydrogen-bond acceptors (Lipinski definition) is 5. The van der Waals surface area contributed by atoms with Crippen LogP contribution in [0.3, 0.4) is 0 Å². The van der Waals surface area contributed by atoms with Crippen LogP contribution in [0.1, 0.15) is 26.6 Å². The molecule has 160 valence electrons. The van der Waals surface area contributed by atoms with Gasteiger partial charge in [0, 0.05) is 27.1 Å². The van der Waals surface area contributed by atoms with E-state index in [-0.39, 0.29) is 5.41 Å². The molecular weight excluding hydrogens is 408 g/mol. The standard InChI is InChI=1S/C28H22N4O/c1-28(2,3)27-31-25(19-11-8-14-23-24(19)18-10-5-7-13-22(18)33-23)30-26(32-27)21-16-15-17-9-4-6-12-20(17)29-21/h4-16H,1-3H3. The van der Waals surface area contributed by atoms with Crippen LogP contribution in [0.2, 0.25) is 0 Å². The van der Waals surface area contributed by atoms with Gasteiger partial charge in [0.15, 0.2) is 11.6 Å². The third kappa shape index (κ3) is 3.33. The van der Waals surface area contributed by atoms with Crippen molar-refractivity contribution >= 4 is 32.8 Å². The normalized spacial score (nSPS) is 12.1. The van der Waals surface area contributed by atoms with Gasteiger partial charge in [-0.2, -0.15) is 0 Å². The molecular formula is C28H22N4O. The Morgan fingerprint density at radius 1 is 0.636 bits per heavy atom. The molecule has 0 saturated heterocycles. The summed E-state index contributed by atoms with van der Waals surface area (Å²) in [5.74, 6) is 1.92. The molecule has 0 spiro atoms. The zero-order valence-electron chi connectivity index (χ0n) is 18.7. The molecule has 0 radical (unpaired) electrons. The Morgan fingerprint density at radius 3 is 2.27 bits per heavy atom. The van der Waals surface area contributed by atoms with Gasteiger partial charge in [-0.1, -0.05) is 75.4 Å². The largest absolute Gasteiger partial charge is 0.456 e. The average molecular weight is 431 g/mol. The van der Waals surface area contributed by atoms with E-state index in [4.69, 9.17) is 24.4 Å².